The van der Waals surface area contributed by atoms with Crippen LogP contribution in [0.25, 0.3) is 0 Å². The van der Waals surface area contributed by atoms with Crippen molar-refractivity contribution in [3.8, 4) is 5.75 Å². The fourth-order valence-electron chi connectivity index (χ4n) is 2.65. The minimum absolute atomic E-state index is 0.317. The Kier molecular flexibility index (Phi) is 6.67. The van der Waals surface area contributed by atoms with Crippen molar-refractivity contribution in [3.63, 3.8) is 0 Å². The number of aliphatic carboxylic acids is 1. The molecule has 0 unspecified atom stereocenters. The van der Waals surface area contributed by atoms with Gasteiger partial charge in [-0.15, -0.1) is 0 Å². The summed E-state index contributed by atoms with van der Waals surface area (Å²) >= 11 is 3.30. The molecule has 1 aromatic heterocycles. The Morgan fingerprint density at radius 1 is 1.28 bits per heavy atom. The highest BCUT2D eigenvalue weighted by molar-refractivity contribution is 9.10. The quantitative estimate of drug-likeness (QED) is 0.646. The van der Waals surface area contributed by atoms with Crippen molar-refractivity contribution in [2.24, 2.45) is 0 Å². The van der Waals surface area contributed by atoms with E-state index in [9.17, 15) is 9.90 Å². The van der Waals surface area contributed by atoms with E-state index in [0.29, 0.717) is 36.5 Å². The molecule has 0 aliphatic rings. The van der Waals surface area contributed by atoms with Crippen LogP contribution in [0.15, 0.2) is 39.4 Å². The van der Waals surface area contributed by atoms with Crippen molar-refractivity contribution in [2.75, 3.05) is 6.61 Å². The van der Waals surface area contributed by atoms with E-state index in [4.69, 9.17) is 13.9 Å². The highest BCUT2D eigenvalue weighted by atomic mass is 79.9. The van der Waals surface area contributed by atoms with Crippen molar-refractivity contribution < 1.29 is 23.8 Å². The van der Waals surface area contributed by atoms with E-state index in [1.54, 1.807) is 6.92 Å². The molecule has 1 heterocycles. The summed E-state index contributed by atoms with van der Waals surface area (Å²) in [7, 11) is 0. The number of carboxylic acid groups (broad SMARTS) is 1. The van der Waals surface area contributed by atoms with E-state index in [1.807, 2.05) is 44.2 Å². The molecule has 2 aromatic rings. The van der Waals surface area contributed by atoms with E-state index >= 15 is 0 Å². The average Bonchev–Trinajstić information content (AvgIpc) is 2.91. The normalized spacial score (nSPS) is 13.4. The molecular weight excluding hydrogens is 388 g/mol. The van der Waals surface area contributed by atoms with Gasteiger partial charge in [0.2, 0.25) is 0 Å². The van der Waals surface area contributed by atoms with Crippen molar-refractivity contribution in [2.45, 2.75) is 45.8 Å². The van der Waals surface area contributed by atoms with Gasteiger partial charge in [0, 0.05) is 13.0 Å². The van der Waals surface area contributed by atoms with Gasteiger partial charge in [0.15, 0.2) is 10.3 Å². The molecule has 136 valence electrons. The third kappa shape index (κ3) is 4.86. The summed E-state index contributed by atoms with van der Waals surface area (Å²) in [6.45, 7) is 6.29. The zero-order valence-electron chi connectivity index (χ0n) is 14.7. The molecule has 1 atom stereocenters. The Balaban J connectivity index is 2.03. The molecule has 6 heteroatoms. The summed E-state index contributed by atoms with van der Waals surface area (Å²) in [6, 6.07) is 9.29. The minimum atomic E-state index is -1.19. The van der Waals surface area contributed by atoms with Crippen molar-refractivity contribution >= 4 is 21.9 Å². The number of carboxylic acids is 1. The molecular formula is C19H23BrO5. The van der Waals surface area contributed by atoms with E-state index in [0.717, 1.165) is 16.9 Å². The molecule has 0 aliphatic heterocycles. The zero-order valence-corrected chi connectivity index (χ0v) is 16.3. The van der Waals surface area contributed by atoms with Gasteiger partial charge in [-0.05, 0) is 65.5 Å². The molecule has 25 heavy (non-hydrogen) atoms. The van der Waals surface area contributed by atoms with Crippen LogP contribution in [-0.4, -0.2) is 23.3 Å². The maximum absolute atomic E-state index is 11.6. The van der Waals surface area contributed by atoms with Gasteiger partial charge in [-0.2, -0.15) is 0 Å². The lowest BCUT2D eigenvalue weighted by Crippen LogP contribution is -2.43. The topological polar surface area (TPSA) is 68.9 Å². The Morgan fingerprint density at radius 3 is 2.44 bits per heavy atom. The monoisotopic (exact) mass is 410 g/mol. The number of benzene rings is 1. The summed E-state index contributed by atoms with van der Waals surface area (Å²) in [5, 5.41) is 9.55. The number of aryl methyl sites for hydroxylation is 1. The predicted octanol–water partition coefficient (Wildman–Crippen LogP) is 4.74. The van der Waals surface area contributed by atoms with Crippen LogP contribution in [0, 0.1) is 6.92 Å². The van der Waals surface area contributed by atoms with Crippen molar-refractivity contribution in [3.05, 3.63) is 51.9 Å². The highest BCUT2D eigenvalue weighted by Crippen LogP contribution is 2.25. The SMILES string of the molecule is CCO[C@@](CC)(Cc1ccc(OCc2oc(Br)cc2C)cc1)C(=O)O. The van der Waals surface area contributed by atoms with Gasteiger partial charge in [-0.1, -0.05) is 19.1 Å². The number of ether oxygens (including phenoxy) is 2. The highest BCUT2D eigenvalue weighted by Gasteiger charge is 2.37. The Hall–Kier alpha value is -1.79. The lowest BCUT2D eigenvalue weighted by molar-refractivity contribution is -0.166. The number of carbonyl (C=O) groups is 1. The standard InChI is InChI=1S/C19H23BrO5/c1-4-19(18(21)22,24-5-2)11-14-6-8-15(9-7-14)23-12-16-13(3)10-17(20)25-16/h6-10H,4-5,11-12H2,1-3H3,(H,21,22)/t19-/m0/s1. The van der Waals surface area contributed by atoms with Crippen LogP contribution < -0.4 is 4.74 Å². The summed E-state index contributed by atoms with van der Waals surface area (Å²) in [6.07, 6.45) is 0.721. The minimum Gasteiger partial charge on any atom is -0.486 e. The second-order valence-corrected chi connectivity index (χ2v) is 6.63. The van der Waals surface area contributed by atoms with Crippen LogP contribution in [0.2, 0.25) is 0 Å². The Morgan fingerprint density at radius 2 is 1.96 bits per heavy atom. The van der Waals surface area contributed by atoms with E-state index in [-0.39, 0.29) is 0 Å². The molecule has 0 saturated heterocycles. The van der Waals surface area contributed by atoms with Gasteiger partial charge in [0.25, 0.3) is 0 Å². The second kappa shape index (κ2) is 8.54. The molecule has 0 radical (unpaired) electrons. The van der Waals surface area contributed by atoms with E-state index in [2.05, 4.69) is 15.9 Å². The molecule has 0 spiro atoms. The fourth-order valence-corrected chi connectivity index (χ4v) is 3.19. The van der Waals surface area contributed by atoms with Gasteiger partial charge in [-0.3, -0.25) is 0 Å². The lowest BCUT2D eigenvalue weighted by Gasteiger charge is -2.28. The first-order valence-corrected chi connectivity index (χ1v) is 9.03. The van der Waals surface area contributed by atoms with Crippen LogP contribution in [-0.2, 0) is 22.6 Å². The first kappa shape index (κ1) is 19.5. The number of hydrogen-bond acceptors (Lipinski definition) is 4. The number of halogens is 1. The zero-order chi connectivity index (χ0) is 18.4. The average molecular weight is 411 g/mol. The van der Waals surface area contributed by atoms with Crippen LogP contribution in [0.5, 0.6) is 5.75 Å². The first-order chi connectivity index (χ1) is 11.9. The van der Waals surface area contributed by atoms with Gasteiger partial charge in [0.05, 0.1) is 0 Å². The second-order valence-electron chi connectivity index (χ2n) is 5.85. The molecule has 0 fully saturated rings. The maximum Gasteiger partial charge on any atom is 0.336 e. The Bertz CT molecular complexity index is 707. The summed E-state index contributed by atoms with van der Waals surface area (Å²) < 4.78 is 17.5. The van der Waals surface area contributed by atoms with Crippen molar-refractivity contribution in [1.29, 1.82) is 0 Å². The molecule has 0 aliphatic carbocycles. The van der Waals surface area contributed by atoms with Gasteiger partial charge in [0.1, 0.15) is 18.1 Å². The molecule has 0 amide bonds. The number of rotatable bonds is 9. The largest absolute Gasteiger partial charge is 0.486 e. The summed E-state index contributed by atoms with van der Waals surface area (Å²) in [5.41, 5.74) is 0.727. The number of hydrogen-bond donors (Lipinski definition) is 1. The molecule has 5 nitrogen and oxygen atoms in total. The molecule has 0 saturated carbocycles. The van der Waals surface area contributed by atoms with Gasteiger partial charge in [-0.25, -0.2) is 4.79 Å². The third-order valence-corrected chi connectivity index (χ3v) is 4.55. The van der Waals surface area contributed by atoms with Crippen LogP contribution >= 0.6 is 15.9 Å². The van der Waals surface area contributed by atoms with Crippen LogP contribution in [0.1, 0.15) is 37.2 Å². The Labute approximate surface area is 156 Å². The van der Waals surface area contributed by atoms with Gasteiger partial charge < -0.3 is 19.0 Å². The number of furan rings is 1. The molecule has 1 N–H and O–H groups in total. The fraction of sp³-hybridized carbons (Fsp3) is 0.421. The van der Waals surface area contributed by atoms with Gasteiger partial charge >= 0.3 is 5.97 Å². The van der Waals surface area contributed by atoms with E-state index in [1.165, 1.54) is 0 Å². The maximum atomic E-state index is 11.6. The van der Waals surface area contributed by atoms with Crippen molar-refractivity contribution in [1.82, 2.24) is 0 Å². The lowest BCUT2D eigenvalue weighted by atomic mass is 9.91. The summed E-state index contributed by atoms with van der Waals surface area (Å²) in [4.78, 5) is 11.6. The smallest absolute Gasteiger partial charge is 0.336 e. The summed E-state index contributed by atoms with van der Waals surface area (Å²) in [5.74, 6) is 0.531. The first-order valence-electron chi connectivity index (χ1n) is 8.24. The van der Waals surface area contributed by atoms with Crippen LogP contribution in [0.3, 0.4) is 0 Å². The molecule has 2 rings (SSSR count). The third-order valence-electron chi connectivity index (χ3n) is 4.15. The molecule has 1 aromatic carbocycles. The predicted molar refractivity (Wildman–Crippen MR) is 97.9 cm³/mol. The molecule has 0 bridgehead atoms. The van der Waals surface area contributed by atoms with Crippen LogP contribution in [0.4, 0.5) is 0 Å². The van der Waals surface area contributed by atoms with E-state index < -0.39 is 11.6 Å².